The van der Waals surface area contributed by atoms with E-state index in [1.165, 1.54) is 6.07 Å². The SMILES string of the molecule is O=C(NCc1cc[nH]c1)c1cc(C(F)(F)F)ccc1Br. The molecule has 0 aliphatic heterocycles. The van der Waals surface area contributed by atoms with E-state index in [1.807, 2.05) is 0 Å². The summed E-state index contributed by atoms with van der Waals surface area (Å²) in [6, 6.07) is 4.74. The Hall–Kier alpha value is -1.76. The number of aromatic nitrogens is 1. The average Bonchev–Trinajstić information content (AvgIpc) is 2.88. The predicted octanol–water partition coefficient (Wildman–Crippen LogP) is 3.73. The van der Waals surface area contributed by atoms with Crippen LogP contribution in [-0.4, -0.2) is 10.9 Å². The number of halogens is 4. The van der Waals surface area contributed by atoms with Gasteiger partial charge in [-0.15, -0.1) is 0 Å². The second-order valence-corrected chi connectivity index (χ2v) is 4.95. The van der Waals surface area contributed by atoms with Crippen molar-refractivity contribution < 1.29 is 18.0 Å². The number of nitrogens with one attached hydrogen (secondary N) is 2. The van der Waals surface area contributed by atoms with Crippen molar-refractivity contribution in [2.75, 3.05) is 0 Å². The van der Waals surface area contributed by atoms with Crippen LogP contribution in [0.1, 0.15) is 21.5 Å². The number of aromatic amines is 1. The Morgan fingerprint density at radius 1 is 1.30 bits per heavy atom. The summed E-state index contributed by atoms with van der Waals surface area (Å²) in [5, 5.41) is 2.56. The molecule has 2 N–H and O–H groups in total. The standard InChI is InChI=1S/C13H10BrF3N2O/c14-11-2-1-9(13(15,16)17)5-10(11)12(20)19-7-8-3-4-18-6-8/h1-6,18H,7H2,(H,19,20). The van der Waals surface area contributed by atoms with E-state index >= 15 is 0 Å². The van der Waals surface area contributed by atoms with Crippen molar-refractivity contribution in [3.8, 4) is 0 Å². The molecule has 0 aliphatic rings. The molecule has 0 spiro atoms. The maximum absolute atomic E-state index is 12.6. The first kappa shape index (κ1) is 14.6. The number of rotatable bonds is 3. The molecule has 0 saturated heterocycles. The molecule has 0 saturated carbocycles. The first-order chi connectivity index (χ1) is 9.38. The second-order valence-electron chi connectivity index (χ2n) is 4.09. The van der Waals surface area contributed by atoms with E-state index in [0.717, 1.165) is 17.7 Å². The molecule has 0 fully saturated rings. The van der Waals surface area contributed by atoms with E-state index in [4.69, 9.17) is 0 Å². The molecule has 1 aromatic carbocycles. The number of carbonyl (C=O) groups is 1. The minimum absolute atomic E-state index is 0.0460. The fraction of sp³-hybridized carbons (Fsp3) is 0.154. The Bertz CT molecular complexity index is 609. The smallest absolute Gasteiger partial charge is 0.367 e. The predicted molar refractivity (Wildman–Crippen MR) is 71.1 cm³/mol. The molecule has 1 heterocycles. The molecular formula is C13H10BrF3N2O. The van der Waals surface area contributed by atoms with Crippen molar-refractivity contribution in [3.63, 3.8) is 0 Å². The lowest BCUT2D eigenvalue weighted by atomic mass is 10.1. The molecule has 2 rings (SSSR count). The molecule has 2 aromatic rings. The quantitative estimate of drug-likeness (QED) is 0.873. The fourth-order valence-electron chi connectivity index (χ4n) is 1.62. The lowest BCUT2D eigenvalue weighted by Crippen LogP contribution is -2.23. The third kappa shape index (κ3) is 3.41. The monoisotopic (exact) mass is 346 g/mol. The summed E-state index contributed by atoms with van der Waals surface area (Å²) >= 11 is 3.08. The van der Waals surface area contributed by atoms with Gasteiger partial charge in [-0.1, -0.05) is 0 Å². The molecular weight excluding hydrogens is 337 g/mol. The molecule has 3 nitrogen and oxygen atoms in total. The lowest BCUT2D eigenvalue weighted by molar-refractivity contribution is -0.137. The summed E-state index contributed by atoms with van der Waals surface area (Å²) < 4.78 is 38.2. The normalized spacial score (nSPS) is 11.4. The highest BCUT2D eigenvalue weighted by Gasteiger charge is 2.31. The third-order valence-electron chi connectivity index (χ3n) is 2.65. The third-order valence-corrected chi connectivity index (χ3v) is 3.35. The summed E-state index contributed by atoms with van der Waals surface area (Å²) in [4.78, 5) is 14.7. The number of hydrogen-bond acceptors (Lipinski definition) is 1. The van der Waals surface area contributed by atoms with Crippen LogP contribution in [0.5, 0.6) is 0 Å². The van der Waals surface area contributed by atoms with Gasteiger partial charge in [0, 0.05) is 23.4 Å². The Morgan fingerprint density at radius 3 is 2.65 bits per heavy atom. The van der Waals surface area contributed by atoms with Crippen LogP contribution in [-0.2, 0) is 12.7 Å². The van der Waals surface area contributed by atoms with Gasteiger partial charge >= 0.3 is 6.18 Å². The number of carbonyl (C=O) groups excluding carboxylic acids is 1. The van der Waals surface area contributed by atoms with E-state index in [0.29, 0.717) is 4.47 Å². The van der Waals surface area contributed by atoms with Gasteiger partial charge in [-0.25, -0.2) is 0 Å². The van der Waals surface area contributed by atoms with Crippen LogP contribution in [0.15, 0.2) is 41.1 Å². The van der Waals surface area contributed by atoms with E-state index in [1.54, 1.807) is 18.5 Å². The zero-order valence-electron chi connectivity index (χ0n) is 10.1. The lowest BCUT2D eigenvalue weighted by Gasteiger charge is -2.10. The van der Waals surface area contributed by atoms with Crippen molar-refractivity contribution in [1.82, 2.24) is 10.3 Å². The molecule has 1 aromatic heterocycles. The maximum atomic E-state index is 12.6. The van der Waals surface area contributed by atoms with Crippen LogP contribution >= 0.6 is 15.9 Å². The van der Waals surface area contributed by atoms with Gasteiger partial charge in [0.05, 0.1) is 11.1 Å². The van der Waals surface area contributed by atoms with Crippen molar-refractivity contribution in [2.24, 2.45) is 0 Å². The zero-order chi connectivity index (χ0) is 14.8. The van der Waals surface area contributed by atoms with Crippen LogP contribution in [0.2, 0.25) is 0 Å². The maximum Gasteiger partial charge on any atom is 0.416 e. The van der Waals surface area contributed by atoms with Crippen LogP contribution in [0, 0.1) is 0 Å². The minimum Gasteiger partial charge on any atom is -0.367 e. The van der Waals surface area contributed by atoms with E-state index < -0.39 is 17.6 Å². The van der Waals surface area contributed by atoms with Crippen LogP contribution < -0.4 is 5.32 Å². The average molecular weight is 347 g/mol. The van der Waals surface area contributed by atoms with Gasteiger partial charge in [-0.05, 0) is 45.8 Å². The summed E-state index contributed by atoms with van der Waals surface area (Å²) in [6.45, 7) is 0.241. The van der Waals surface area contributed by atoms with Crippen molar-refractivity contribution in [3.05, 3.63) is 57.8 Å². The highest BCUT2D eigenvalue weighted by Crippen LogP contribution is 2.31. The molecule has 7 heteroatoms. The van der Waals surface area contributed by atoms with Crippen LogP contribution in [0.3, 0.4) is 0 Å². The number of benzene rings is 1. The molecule has 0 unspecified atom stereocenters. The van der Waals surface area contributed by atoms with Gasteiger partial charge in [-0.2, -0.15) is 13.2 Å². The molecule has 0 atom stereocenters. The van der Waals surface area contributed by atoms with Crippen LogP contribution in [0.4, 0.5) is 13.2 Å². The zero-order valence-corrected chi connectivity index (χ0v) is 11.7. The largest absolute Gasteiger partial charge is 0.416 e. The Kier molecular flexibility index (Phi) is 4.17. The van der Waals surface area contributed by atoms with Crippen molar-refractivity contribution >= 4 is 21.8 Å². The molecule has 20 heavy (non-hydrogen) atoms. The molecule has 106 valence electrons. The van der Waals surface area contributed by atoms with E-state index in [-0.39, 0.29) is 12.1 Å². The van der Waals surface area contributed by atoms with Gasteiger partial charge in [0.15, 0.2) is 0 Å². The summed E-state index contributed by atoms with van der Waals surface area (Å²) in [5.41, 5.74) is -0.0655. The summed E-state index contributed by atoms with van der Waals surface area (Å²) in [7, 11) is 0. The van der Waals surface area contributed by atoms with Crippen molar-refractivity contribution in [1.29, 1.82) is 0 Å². The van der Waals surface area contributed by atoms with E-state index in [9.17, 15) is 18.0 Å². The van der Waals surface area contributed by atoms with Gasteiger partial charge in [0.25, 0.3) is 5.91 Å². The Morgan fingerprint density at radius 2 is 2.05 bits per heavy atom. The molecule has 0 aliphatic carbocycles. The summed E-state index contributed by atoms with van der Waals surface area (Å²) in [5.74, 6) is -0.566. The minimum atomic E-state index is -4.48. The highest BCUT2D eigenvalue weighted by atomic mass is 79.9. The molecule has 1 amide bonds. The first-order valence-corrected chi connectivity index (χ1v) is 6.44. The van der Waals surface area contributed by atoms with Gasteiger partial charge in [0.1, 0.15) is 0 Å². The topological polar surface area (TPSA) is 44.9 Å². The Balaban J connectivity index is 2.16. The molecule has 0 bridgehead atoms. The van der Waals surface area contributed by atoms with Gasteiger partial charge in [0.2, 0.25) is 0 Å². The first-order valence-electron chi connectivity index (χ1n) is 5.64. The fourth-order valence-corrected chi connectivity index (χ4v) is 2.05. The van der Waals surface area contributed by atoms with E-state index in [2.05, 4.69) is 26.2 Å². The number of hydrogen-bond donors (Lipinski definition) is 2. The van der Waals surface area contributed by atoms with Crippen LogP contribution in [0.25, 0.3) is 0 Å². The van der Waals surface area contributed by atoms with Gasteiger partial charge in [-0.3, -0.25) is 4.79 Å². The Labute approximate surface area is 121 Å². The highest BCUT2D eigenvalue weighted by molar-refractivity contribution is 9.10. The van der Waals surface area contributed by atoms with Crippen molar-refractivity contribution in [2.45, 2.75) is 12.7 Å². The second kappa shape index (κ2) is 5.70. The number of alkyl halides is 3. The molecule has 0 radical (unpaired) electrons. The number of amides is 1. The van der Waals surface area contributed by atoms with Gasteiger partial charge < -0.3 is 10.3 Å². The number of H-pyrrole nitrogens is 1. The summed E-state index contributed by atoms with van der Waals surface area (Å²) in [6.07, 6.45) is -1.08.